The lowest BCUT2D eigenvalue weighted by atomic mass is 10.3. The van der Waals surface area contributed by atoms with Crippen LogP contribution in [0.1, 0.15) is 0 Å². The summed E-state index contributed by atoms with van der Waals surface area (Å²) in [6.07, 6.45) is 1.63. The SMILES string of the molecule is Clc1ccnc2oc(I)cc12. The quantitative estimate of drug-likeness (QED) is 0.693. The van der Waals surface area contributed by atoms with Crippen molar-refractivity contribution in [1.82, 2.24) is 4.98 Å². The third-order valence-electron chi connectivity index (χ3n) is 1.35. The van der Waals surface area contributed by atoms with E-state index in [9.17, 15) is 0 Å². The van der Waals surface area contributed by atoms with Crippen molar-refractivity contribution in [2.75, 3.05) is 0 Å². The summed E-state index contributed by atoms with van der Waals surface area (Å²) in [6.45, 7) is 0. The van der Waals surface area contributed by atoms with Crippen molar-refractivity contribution in [2.45, 2.75) is 0 Å². The minimum absolute atomic E-state index is 0.599. The normalized spacial score (nSPS) is 10.7. The van der Waals surface area contributed by atoms with E-state index in [0.717, 1.165) is 9.15 Å². The number of fused-ring (bicyclic) bond motifs is 1. The monoisotopic (exact) mass is 279 g/mol. The third kappa shape index (κ3) is 1.22. The Morgan fingerprint density at radius 1 is 1.55 bits per heavy atom. The van der Waals surface area contributed by atoms with Gasteiger partial charge in [-0.3, -0.25) is 0 Å². The van der Waals surface area contributed by atoms with Gasteiger partial charge in [0.2, 0.25) is 5.71 Å². The van der Waals surface area contributed by atoms with E-state index < -0.39 is 0 Å². The fourth-order valence-corrected chi connectivity index (χ4v) is 1.59. The van der Waals surface area contributed by atoms with Crippen molar-refractivity contribution in [3.05, 3.63) is 27.1 Å². The molecule has 0 aromatic carbocycles. The first-order valence-electron chi connectivity index (χ1n) is 2.97. The molecule has 0 bridgehead atoms. The van der Waals surface area contributed by atoms with Crippen LogP contribution < -0.4 is 0 Å². The molecule has 0 fully saturated rings. The zero-order valence-corrected chi connectivity index (χ0v) is 8.26. The maximum Gasteiger partial charge on any atom is 0.228 e. The van der Waals surface area contributed by atoms with Gasteiger partial charge in [-0.05, 0) is 28.7 Å². The average molecular weight is 279 g/mol. The predicted octanol–water partition coefficient (Wildman–Crippen LogP) is 3.09. The Kier molecular flexibility index (Phi) is 1.77. The molecule has 0 amide bonds. The highest BCUT2D eigenvalue weighted by atomic mass is 127. The molecule has 0 aliphatic carbocycles. The molecule has 0 atom stereocenters. The van der Waals surface area contributed by atoms with E-state index in [1.165, 1.54) is 0 Å². The second-order valence-electron chi connectivity index (χ2n) is 2.06. The molecule has 0 saturated heterocycles. The van der Waals surface area contributed by atoms with Gasteiger partial charge in [0.15, 0.2) is 3.77 Å². The van der Waals surface area contributed by atoms with Gasteiger partial charge in [-0.1, -0.05) is 11.6 Å². The summed E-state index contributed by atoms with van der Waals surface area (Å²) in [5.74, 6) is 0. The van der Waals surface area contributed by atoms with Gasteiger partial charge in [0.05, 0.1) is 10.4 Å². The summed E-state index contributed by atoms with van der Waals surface area (Å²) in [5.41, 5.74) is 0.599. The molecule has 0 spiro atoms. The smallest absolute Gasteiger partial charge is 0.228 e. The van der Waals surface area contributed by atoms with E-state index >= 15 is 0 Å². The van der Waals surface area contributed by atoms with Gasteiger partial charge >= 0.3 is 0 Å². The van der Waals surface area contributed by atoms with Gasteiger partial charge < -0.3 is 4.42 Å². The van der Waals surface area contributed by atoms with E-state index in [2.05, 4.69) is 27.6 Å². The third-order valence-corrected chi connectivity index (χ3v) is 2.21. The first-order chi connectivity index (χ1) is 5.27. The minimum Gasteiger partial charge on any atom is -0.432 e. The lowest BCUT2D eigenvalue weighted by Gasteiger charge is -1.87. The molecule has 2 heterocycles. The second-order valence-corrected chi connectivity index (χ2v) is 3.53. The Hall–Kier alpha value is -0.290. The molecular weight excluding hydrogens is 276 g/mol. The molecule has 56 valence electrons. The molecule has 0 radical (unpaired) electrons. The van der Waals surface area contributed by atoms with Crippen LogP contribution in [0.3, 0.4) is 0 Å². The van der Waals surface area contributed by atoms with E-state index in [1.807, 2.05) is 6.07 Å². The number of rotatable bonds is 0. The summed E-state index contributed by atoms with van der Waals surface area (Å²) in [6, 6.07) is 3.61. The van der Waals surface area contributed by atoms with Crippen molar-refractivity contribution >= 4 is 45.3 Å². The number of halogens is 2. The molecule has 0 aliphatic heterocycles. The van der Waals surface area contributed by atoms with Crippen LogP contribution in [0.2, 0.25) is 5.02 Å². The lowest BCUT2D eigenvalue weighted by Crippen LogP contribution is -1.70. The van der Waals surface area contributed by atoms with Gasteiger partial charge in [-0.25, -0.2) is 4.98 Å². The summed E-state index contributed by atoms with van der Waals surface area (Å²) in [4.78, 5) is 4.01. The van der Waals surface area contributed by atoms with Crippen molar-refractivity contribution < 1.29 is 4.42 Å². The number of pyridine rings is 1. The highest BCUT2D eigenvalue weighted by molar-refractivity contribution is 14.1. The van der Waals surface area contributed by atoms with Crippen LogP contribution in [-0.2, 0) is 0 Å². The van der Waals surface area contributed by atoms with E-state index in [-0.39, 0.29) is 0 Å². The number of furan rings is 1. The van der Waals surface area contributed by atoms with Crippen LogP contribution in [0.15, 0.2) is 22.7 Å². The van der Waals surface area contributed by atoms with Crippen molar-refractivity contribution in [3.63, 3.8) is 0 Å². The molecule has 11 heavy (non-hydrogen) atoms. The molecular formula is C7H3ClINO. The molecule has 4 heteroatoms. The van der Waals surface area contributed by atoms with E-state index in [1.54, 1.807) is 12.3 Å². The molecule has 2 aromatic heterocycles. The Labute approximate surface area is 81.7 Å². The van der Waals surface area contributed by atoms with Gasteiger partial charge in [-0.15, -0.1) is 0 Å². The number of hydrogen-bond acceptors (Lipinski definition) is 2. The number of hydrogen-bond donors (Lipinski definition) is 0. The van der Waals surface area contributed by atoms with E-state index in [4.69, 9.17) is 16.0 Å². The van der Waals surface area contributed by atoms with Gasteiger partial charge in [-0.2, -0.15) is 0 Å². The molecule has 0 saturated carbocycles. The van der Waals surface area contributed by atoms with Crippen LogP contribution in [0.25, 0.3) is 11.1 Å². The van der Waals surface area contributed by atoms with E-state index in [0.29, 0.717) is 10.7 Å². The average Bonchev–Trinajstić information content (AvgIpc) is 2.31. The molecule has 2 nitrogen and oxygen atoms in total. The molecule has 2 rings (SSSR count). The van der Waals surface area contributed by atoms with Crippen LogP contribution in [0.5, 0.6) is 0 Å². The van der Waals surface area contributed by atoms with Crippen LogP contribution in [-0.4, -0.2) is 4.98 Å². The topological polar surface area (TPSA) is 26.0 Å². The Balaban J connectivity index is 2.90. The fraction of sp³-hybridized carbons (Fsp3) is 0. The highest BCUT2D eigenvalue weighted by Crippen LogP contribution is 2.25. The van der Waals surface area contributed by atoms with Crippen LogP contribution >= 0.6 is 34.2 Å². The van der Waals surface area contributed by atoms with Gasteiger partial charge in [0.1, 0.15) is 0 Å². The second kappa shape index (κ2) is 2.64. The molecule has 0 N–H and O–H groups in total. The Bertz CT molecular complexity index is 398. The lowest BCUT2D eigenvalue weighted by molar-refractivity contribution is 0.572. The van der Waals surface area contributed by atoms with Crippen molar-refractivity contribution in [3.8, 4) is 0 Å². The number of aromatic nitrogens is 1. The zero-order chi connectivity index (χ0) is 7.84. The summed E-state index contributed by atoms with van der Waals surface area (Å²) in [5, 5.41) is 1.56. The largest absolute Gasteiger partial charge is 0.432 e. The summed E-state index contributed by atoms with van der Waals surface area (Å²) >= 11 is 7.95. The molecule has 0 aliphatic rings. The number of nitrogens with zero attached hydrogens (tertiary/aromatic N) is 1. The van der Waals surface area contributed by atoms with Crippen LogP contribution in [0, 0.1) is 3.77 Å². The van der Waals surface area contributed by atoms with Crippen LogP contribution in [0.4, 0.5) is 0 Å². The Morgan fingerprint density at radius 3 is 3.09 bits per heavy atom. The van der Waals surface area contributed by atoms with Crippen molar-refractivity contribution in [2.24, 2.45) is 0 Å². The fourth-order valence-electron chi connectivity index (χ4n) is 0.879. The van der Waals surface area contributed by atoms with Gasteiger partial charge in [0, 0.05) is 12.3 Å². The maximum absolute atomic E-state index is 5.87. The standard InChI is InChI=1S/C7H3ClINO/c8-5-1-2-10-7-4(5)3-6(9)11-7/h1-3H. The Morgan fingerprint density at radius 2 is 2.36 bits per heavy atom. The van der Waals surface area contributed by atoms with Crippen molar-refractivity contribution in [1.29, 1.82) is 0 Å². The summed E-state index contributed by atoms with van der Waals surface area (Å²) < 4.78 is 6.04. The highest BCUT2D eigenvalue weighted by Gasteiger charge is 2.04. The maximum atomic E-state index is 5.87. The molecule has 2 aromatic rings. The molecule has 0 unspecified atom stereocenters. The first-order valence-corrected chi connectivity index (χ1v) is 4.42. The zero-order valence-electron chi connectivity index (χ0n) is 5.34. The minimum atomic E-state index is 0.599. The first kappa shape index (κ1) is 7.36. The van der Waals surface area contributed by atoms with Gasteiger partial charge in [0.25, 0.3) is 0 Å². The summed E-state index contributed by atoms with van der Waals surface area (Å²) in [7, 11) is 0. The predicted molar refractivity (Wildman–Crippen MR) is 51.7 cm³/mol.